The van der Waals surface area contributed by atoms with Gasteiger partial charge in [0.05, 0.1) is 14.2 Å². The third-order valence-corrected chi connectivity index (χ3v) is 5.60. The summed E-state index contributed by atoms with van der Waals surface area (Å²) in [6.45, 7) is 3.03. The van der Waals surface area contributed by atoms with E-state index in [9.17, 15) is 9.90 Å². The van der Waals surface area contributed by atoms with E-state index in [0.717, 1.165) is 18.7 Å². The summed E-state index contributed by atoms with van der Waals surface area (Å²) in [7, 11) is 3.13. The number of aliphatic hydroxyl groups excluding tert-OH is 1. The van der Waals surface area contributed by atoms with Crippen molar-refractivity contribution >= 4 is 18.2 Å². The molecule has 1 saturated heterocycles. The van der Waals surface area contributed by atoms with Gasteiger partial charge in [-0.05, 0) is 68.2 Å². The number of rotatable bonds is 11. The van der Waals surface area contributed by atoms with E-state index < -0.39 is 6.10 Å². The van der Waals surface area contributed by atoms with Crippen LogP contribution >= 0.6 is 12.4 Å². The normalized spacial score (nSPS) is 14.8. The number of Topliss-reactive ketones (excluding diaryl/α,β-unsaturated/α-hetero) is 1. The van der Waals surface area contributed by atoms with Crippen LogP contribution in [0.2, 0.25) is 0 Å². The lowest BCUT2D eigenvalue weighted by atomic mass is 10.0. The van der Waals surface area contributed by atoms with E-state index in [4.69, 9.17) is 14.2 Å². The van der Waals surface area contributed by atoms with Crippen molar-refractivity contribution in [3.63, 3.8) is 0 Å². The molecular weight excluding hydrogens is 430 g/mol. The summed E-state index contributed by atoms with van der Waals surface area (Å²) in [5.74, 6) is 1.91. The van der Waals surface area contributed by atoms with Crippen molar-refractivity contribution in [3.8, 4) is 17.2 Å². The summed E-state index contributed by atoms with van der Waals surface area (Å²) in [4.78, 5) is 14.9. The van der Waals surface area contributed by atoms with Crippen molar-refractivity contribution < 1.29 is 24.1 Å². The lowest BCUT2D eigenvalue weighted by Crippen LogP contribution is -2.38. The molecule has 176 valence electrons. The molecule has 2 aromatic rings. The summed E-state index contributed by atoms with van der Waals surface area (Å²) in [6, 6.07) is 12.9. The number of nitrogens with zero attached hydrogens (tertiary/aromatic N) is 1. The molecule has 1 aliphatic rings. The molecule has 1 fully saturated rings. The predicted octanol–water partition coefficient (Wildman–Crippen LogP) is 4.17. The maximum absolute atomic E-state index is 12.6. The van der Waals surface area contributed by atoms with Gasteiger partial charge < -0.3 is 24.2 Å². The van der Waals surface area contributed by atoms with Crippen molar-refractivity contribution in [3.05, 3.63) is 53.6 Å². The van der Waals surface area contributed by atoms with Crippen LogP contribution in [0, 0.1) is 0 Å². The van der Waals surface area contributed by atoms with Gasteiger partial charge in [0, 0.05) is 18.5 Å². The van der Waals surface area contributed by atoms with Crippen LogP contribution in [0.15, 0.2) is 42.5 Å². The largest absolute Gasteiger partial charge is 0.493 e. The van der Waals surface area contributed by atoms with Crippen molar-refractivity contribution in [2.45, 2.75) is 38.2 Å². The molecule has 0 aliphatic carbocycles. The average molecular weight is 464 g/mol. The van der Waals surface area contributed by atoms with Gasteiger partial charge in [-0.3, -0.25) is 4.79 Å². The molecule has 3 rings (SSSR count). The van der Waals surface area contributed by atoms with Crippen LogP contribution in [-0.2, 0) is 6.42 Å². The van der Waals surface area contributed by atoms with E-state index in [-0.39, 0.29) is 24.8 Å². The van der Waals surface area contributed by atoms with Crippen LogP contribution in [0.3, 0.4) is 0 Å². The van der Waals surface area contributed by atoms with E-state index in [1.54, 1.807) is 32.4 Å². The number of ketones is 1. The highest BCUT2D eigenvalue weighted by Gasteiger charge is 2.15. The first-order valence-electron chi connectivity index (χ1n) is 11.0. The van der Waals surface area contributed by atoms with E-state index in [1.807, 2.05) is 24.3 Å². The van der Waals surface area contributed by atoms with Crippen LogP contribution < -0.4 is 14.2 Å². The number of hydrogen-bond acceptors (Lipinski definition) is 6. The molecule has 1 aliphatic heterocycles. The molecule has 6 nitrogen and oxygen atoms in total. The summed E-state index contributed by atoms with van der Waals surface area (Å²) in [6.07, 6.45) is 4.19. The number of aryl methyl sites for hydroxylation is 1. The van der Waals surface area contributed by atoms with Crippen LogP contribution in [0.4, 0.5) is 0 Å². The molecule has 1 unspecified atom stereocenters. The van der Waals surface area contributed by atoms with Gasteiger partial charge in [-0.2, -0.15) is 0 Å². The first-order valence-corrected chi connectivity index (χ1v) is 11.0. The molecule has 0 saturated carbocycles. The Hall–Kier alpha value is -2.28. The van der Waals surface area contributed by atoms with Crippen molar-refractivity contribution in [2.75, 3.05) is 40.5 Å². The molecule has 0 radical (unpaired) electrons. The lowest BCUT2D eigenvalue weighted by molar-refractivity contribution is 0.0617. The summed E-state index contributed by atoms with van der Waals surface area (Å²) < 4.78 is 16.3. The number of benzene rings is 2. The van der Waals surface area contributed by atoms with E-state index in [0.29, 0.717) is 42.2 Å². The molecule has 7 heteroatoms. The minimum absolute atomic E-state index is 0. The third-order valence-electron chi connectivity index (χ3n) is 5.60. The van der Waals surface area contributed by atoms with Gasteiger partial charge in [-0.25, -0.2) is 0 Å². The highest BCUT2D eigenvalue weighted by Crippen LogP contribution is 2.28. The maximum atomic E-state index is 12.6. The third kappa shape index (κ3) is 7.69. The number of halogens is 1. The van der Waals surface area contributed by atoms with Gasteiger partial charge in [0.2, 0.25) is 0 Å². The zero-order valence-electron chi connectivity index (χ0n) is 18.9. The minimum Gasteiger partial charge on any atom is -0.493 e. The van der Waals surface area contributed by atoms with Crippen LogP contribution in [0.25, 0.3) is 0 Å². The molecular formula is C25H34ClNO5. The molecule has 1 atom stereocenters. The Morgan fingerprint density at radius 3 is 2.50 bits per heavy atom. The Bertz CT molecular complexity index is 854. The SMILES string of the molecule is COc1ccc(C(=O)CCc2cccc(OCC(O)CN3CCCCC3)c2)cc1OC.Cl. The quantitative estimate of drug-likeness (QED) is 0.504. The van der Waals surface area contributed by atoms with Crippen molar-refractivity contribution in [1.29, 1.82) is 0 Å². The van der Waals surface area contributed by atoms with E-state index in [1.165, 1.54) is 19.3 Å². The molecule has 1 N–H and O–H groups in total. The number of piperidine rings is 1. The number of carbonyl (C=O) groups is 1. The number of ether oxygens (including phenoxy) is 3. The van der Waals surface area contributed by atoms with Gasteiger partial charge in [0.1, 0.15) is 18.5 Å². The molecule has 0 aromatic heterocycles. The van der Waals surface area contributed by atoms with Crippen LogP contribution in [0.5, 0.6) is 17.2 Å². The molecule has 0 bridgehead atoms. The minimum atomic E-state index is -0.506. The van der Waals surface area contributed by atoms with Crippen LogP contribution in [-0.4, -0.2) is 62.4 Å². The summed E-state index contributed by atoms with van der Waals surface area (Å²) in [5, 5.41) is 10.3. The van der Waals surface area contributed by atoms with Gasteiger partial charge in [0.15, 0.2) is 17.3 Å². The molecule has 32 heavy (non-hydrogen) atoms. The zero-order chi connectivity index (χ0) is 22.1. The van der Waals surface area contributed by atoms with Gasteiger partial charge >= 0.3 is 0 Å². The Morgan fingerprint density at radius 2 is 1.78 bits per heavy atom. The highest BCUT2D eigenvalue weighted by atomic mass is 35.5. The van der Waals surface area contributed by atoms with Crippen molar-refractivity contribution in [1.82, 2.24) is 4.90 Å². The molecule has 0 spiro atoms. The molecule has 2 aromatic carbocycles. The number of carbonyl (C=O) groups excluding carboxylic acids is 1. The molecule has 0 amide bonds. The Labute approximate surface area is 196 Å². The van der Waals surface area contributed by atoms with Gasteiger partial charge in [-0.15, -0.1) is 12.4 Å². The van der Waals surface area contributed by atoms with Crippen molar-refractivity contribution in [2.24, 2.45) is 0 Å². The van der Waals surface area contributed by atoms with Gasteiger partial charge in [-0.1, -0.05) is 18.6 Å². The Balaban J connectivity index is 0.00000363. The highest BCUT2D eigenvalue weighted by molar-refractivity contribution is 5.96. The van der Waals surface area contributed by atoms with E-state index >= 15 is 0 Å². The molecule has 1 heterocycles. The van der Waals surface area contributed by atoms with Gasteiger partial charge in [0.25, 0.3) is 0 Å². The summed E-state index contributed by atoms with van der Waals surface area (Å²) >= 11 is 0. The monoisotopic (exact) mass is 463 g/mol. The Morgan fingerprint density at radius 1 is 1.03 bits per heavy atom. The second-order valence-corrected chi connectivity index (χ2v) is 7.97. The van der Waals surface area contributed by atoms with Crippen LogP contribution in [0.1, 0.15) is 41.6 Å². The standard InChI is InChI=1S/C25H33NO5.ClH/c1-29-24-12-10-20(16-25(24)30-2)23(28)11-9-19-7-6-8-22(15-19)31-18-21(27)17-26-13-4-3-5-14-26;/h6-8,10,12,15-16,21,27H,3-5,9,11,13-14,17-18H2,1-2H3;1H. The smallest absolute Gasteiger partial charge is 0.163 e. The number of methoxy groups -OCH3 is 2. The number of hydrogen-bond donors (Lipinski definition) is 1. The fraction of sp³-hybridized carbons (Fsp3) is 0.480. The fourth-order valence-corrected chi connectivity index (χ4v) is 3.89. The fourth-order valence-electron chi connectivity index (χ4n) is 3.89. The number of aliphatic hydroxyl groups is 1. The second-order valence-electron chi connectivity index (χ2n) is 7.97. The predicted molar refractivity (Wildman–Crippen MR) is 128 cm³/mol. The lowest BCUT2D eigenvalue weighted by Gasteiger charge is -2.28. The first kappa shape index (κ1) is 26.0. The average Bonchev–Trinajstić information content (AvgIpc) is 2.81. The number of β-amino-alcohol motifs (C(OH)–C–C–N with tert-alkyl or cyclic N) is 1. The van der Waals surface area contributed by atoms with E-state index in [2.05, 4.69) is 4.90 Å². The number of likely N-dealkylation sites (tertiary alicyclic amines) is 1. The Kier molecular flexibility index (Phi) is 10.8. The maximum Gasteiger partial charge on any atom is 0.163 e. The summed E-state index contributed by atoms with van der Waals surface area (Å²) in [5.41, 5.74) is 1.63. The second kappa shape index (κ2) is 13.3. The topological polar surface area (TPSA) is 68.2 Å². The zero-order valence-corrected chi connectivity index (χ0v) is 19.7. The first-order chi connectivity index (χ1) is 15.1.